The maximum atomic E-state index is 11.5. The maximum absolute atomic E-state index is 11.5. The molecule has 6 heteroatoms. The van der Waals surface area contributed by atoms with Crippen LogP contribution in [0.4, 0.5) is 0 Å². The molecule has 0 amide bonds. The average molecular weight is 237 g/mol. The molecule has 84 valence electrons. The molecule has 1 aromatic rings. The SMILES string of the molecule is CONC(=S)N/N=C/C(=O)c1ccccc1. The summed E-state index contributed by atoms with van der Waals surface area (Å²) in [5.74, 6) is -0.201. The second kappa shape index (κ2) is 6.65. The van der Waals surface area contributed by atoms with E-state index >= 15 is 0 Å². The van der Waals surface area contributed by atoms with Gasteiger partial charge in [0.15, 0.2) is 0 Å². The second-order valence-corrected chi connectivity index (χ2v) is 3.14. The lowest BCUT2D eigenvalue weighted by molar-refractivity contribution is 0.107. The van der Waals surface area contributed by atoms with Crippen LogP contribution < -0.4 is 10.9 Å². The van der Waals surface area contributed by atoms with Gasteiger partial charge in [-0.3, -0.25) is 15.1 Å². The first-order valence-corrected chi connectivity index (χ1v) is 4.86. The molecule has 0 radical (unpaired) electrons. The van der Waals surface area contributed by atoms with Crippen LogP contribution in [0.2, 0.25) is 0 Å². The van der Waals surface area contributed by atoms with Crippen LogP contribution in [0.3, 0.4) is 0 Å². The highest BCUT2D eigenvalue weighted by molar-refractivity contribution is 7.80. The third-order valence-corrected chi connectivity index (χ3v) is 1.78. The fourth-order valence-electron chi connectivity index (χ4n) is 0.942. The molecule has 0 heterocycles. The molecule has 5 nitrogen and oxygen atoms in total. The van der Waals surface area contributed by atoms with Gasteiger partial charge < -0.3 is 0 Å². The predicted molar refractivity (Wildman–Crippen MR) is 65.1 cm³/mol. The highest BCUT2D eigenvalue weighted by atomic mass is 32.1. The number of nitrogens with zero attached hydrogens (tertiary/aromatic N) is 1. The van der Waals surface area contributed by atoms with E-state index in [2.05, 4.69) is 20.8 Å². The first kappa shape index (κ1) is 12.3. The Morgan fingerprint density at radius 3 is 2.75 bits per heavy atom. The van der Waals surface area contributed by atoms with Crippen molar-refractivity contribution in [2.45, 2.75) is 0 Å². The maximum Gasteiger partial charge on any atom is 0.211 e. The molecule has 0 spiro atoms. The van der Waals surface area contributed by atoms with E-state index in [1.54, 1.807) is 24.3 Å². The van der Waals surface area contributed by atoms with Crippen LogP contribution in [0.25, 0.3) is 0 Å². The Hall–Kier alpha value is -1.79. The number of Topliss-reactive ketones (excluding diaryl/α,β-unsaturated/α-hetero) is 1. The van der Waals surface area contributed by atoms with E-state index in [0.717, 1.165) is 6.21 Å². The van der Waals surface area contributed by atoms with Crippen LogP contribution in [0.15, 0.2) is 35.4 Å². The van der Waals surface area contributed by atoms with Crippen molar-refractivity contribution in [3.05, 3.63) is 35.9 Å². The number of hydroxylamine groups is 1. The smallest absolute Gasteiger partial charge is 0.211 e. The van der Waals surface area contributed by atoms with Crippen LogP contribution in [-0.4, -0.2) is 24.2 Å². The normalized spacial score (nSPS) is 10.1. The molecule has 0 aliphatic carbocycles. The quantitative estimate of drug-likeness (QED) is 0.352. The zero-order valence-corrected chi connectivity index (χ0v) is 9.45. The Balaban J connectivity index is 2.46. The minimum Gasteiger partial charge on any atom is -0.287 e. The van der Waals surface area contributed by atoms with E-state index in [9.17, 15) is 4.79 Å². The third-order valence-electron chi connectivity index (χ3n) is 1.60. The highest BCUT2D eigenvalue weighted by Gasteiger charge is 2.00. The van der Waals surface area contributed by atoms with Gasteiger partial charge in [0.25, 0.3) is 0 Å². The Kier molecular flexibility index (Phi) is 5.10. The molecule has 0 saturated carbocycles. The van der Waals surface area contributed by atoms with Gasteiger partial charge in [-0.05, 0) is 12.2 Å². The number of rotatable bonds is 4. The zero-order valence-electron chi connectivity index (χ0n) is 8.64. The number of hydrazone groups is 1. The summed E-state index contributed by atoms with van der Waals surface area (Å²) < 4.78 is 0. The minimum absolute atomic E-state index is 0.180. The van der Waals surface area contributed by atoms with Gasteiger partial charge in [0.05, 0.1) is 13.3 Å². The fourth-order valence-corrected chi connectivity index (χ4v) is 1.08. The molecule has 2 N–H and O–H groups in total. The molecule has 0 fully saturated rings. The van der Waals surface area contributed by atoms with Gasteiger partial charge in [-0.1, -0.05) is 30.3 Å². The van der Waals surface area contributed by atoms with Crippen molar-refractivity contribution in [3.63, 3.8) is 0 Å². The standard InChI is InChI=1S/C10H11N3O2S/c1-15-13-10(16)12-11-7-9(14)8-5-3-2-4-6-8/h2-7H,1H3,(H2,12,13,16)/b11-7+. The molecular weight excluding hydrogens is 226 g/mol. The molecule has 0 bridgehead atoms. The Morgan fingerprint density at radius 1 is 1.44 bits per heavy atom. The van der Waals surface area contributed by atoms with Gasteiger partial charge >= 0.3 is 0 Å². The number of nitrogens with one attached hydrogen (secondary N) is 2. The summed E-state index contributed by atoms with van der Waals surface area (Å²) in [6, 6.07) is 8.82. The van der Waals surface area contributed by atoms with Crippen molar-refractivity contribution in [1.29, 1.82) is 0 Å². The lowest BCUT2D eigenvalue weighted by Gasteiger charge is -2.01. The molecule has 1 aromatic carbocycles. The van der Waals surface area contributed by atoms with Crippen molar-refractivity contribution >= 4 is 29.3 Å². The molecule has 0 saturated heterocycles. The van der Waals surface area contributed by atoms with Crippen molar-refractivity contribution in [1.82, 2.24) is 10.9 Å². The molecule has 0 unspecified atom stereocenters. The van der Waals surface area contributed by atoms with Crippen LogP contribution in [-0.2, 0) is 4.84 Å². The van der Waals surface area contributed by atoms with Gasteiger partial charge in [0.2, 0.25) is 10.9 Å². The van der Waals surface area contributed by atoms with Crippen molar-refractivity contribution in [3.8, 4) is 0 Å². The van der Waals surface area contributed by atoms with E-state index in [-0.39, 0.29) is 10.9 Å². The van der Waals surface area contributed by atoms with Crippen molar-refractivity contribution < 1.29 is 9.63 Å². The monoisotopic (exact) mass is 237 g/mol. The van der Waals surface area contributed by atoms with E-state index < -0.39 is 0 Å². The Morgan fingerprint density at radius 2 is 2.12 bits per heavy atom. The van der Waals surface area contributed by atoms with Gasteiger partial charge in [0, 0.05) is 5.56 Å². The number of benzene rings is 1. The fraction of sp³-hybridized carbons (Fsp3) is 0.100. The first-order chi connectivity index (χ1) is 7.74. The van der Waals surface area contributed by atoms with E-state index in [4.69, 9.17) is 12.2 Å². The molecule has 0 atom stereocenters. The van der Waals surface area contributed by atoms with E-state index in [1.807, 2.05) is 6.07 Å². The lowest BCUT2D eigenvalue weighted by atomic mass is 10.1. The molecule has 0 aliphatic rings. The van der Waals surface area contributed by atoms with Gasteiger partial charge in [0.1, 0.15) is 0 Å². The summed E-state index contributed by atoms with van der Waals surface area (Å²) in [6.45, 7) is 0. The number of carbonyl (C=O) groups excluding carboxylic acids is 1. The molecule has 1 rings (SSSR count). The number of ketones is 1. The minimum atomic E-state index is -0.201. The van der Waals surface area contributed by atoms with Crippen LogP contribution in [0.1, 0.15) is 10.4 Å². The summed E-state index contributed by atoms with van der Waals surface area (Å²) in [6.07, 6.45) is 1.15. The summed E-state index contributed by atoms with van der Waals surface area (Å²) in [5.41, 5.74) is 5.35. The molecule has 0 aliphatic heterocycles. The summed E-state index contributed by atoms with van der Waals surface area (Å²) >= 11 is 4.75. The Bertz CT molecular complexity index is 392. The number of thiocarbonyl (C=S) groups is 1. The summed E-state index contributed by atoms with van der Waals surface area (Å²) in [4.78, 5) is 16.0. The largest absolute Gasteiger partial charge is 0.287 e. The predicted octanol–water partition coefficient (Wildman–Crippen LogP) is 0.881. The van der Waals surface area contributed by atoms with Gasteiger partial charge in [-0.2, -0.15) is 5.10 Å². The van der Waals surface area contributed by atoms with E-state index in [0.29, 0.717) is 5.56 Å². The molecular formula is C10H11N3O2S. The second-order valence-electron chi connectivity index (χ2n) is 2.74. The molecule has 0 aromatic heterocycles. The summed E-state index contributed by atoms with van der Waals surface area (Å²) in [7, 11) is 1.42. The van der Waals surface area contributed by atoms with E-state index in [1.165, 1.54) is 7.11 Å². The highest BCUT2D eigenvalue weighted by Crippen LogP contribution is 1.97. The lowest BCUT2D eigenvalue weighted by Crippen LogP contribution is -2.31. The topological polar surface area (TPSA) is 62.7 Å². The number of hydrogen-bond acceptors (Lipinski definition) is 4. The van der Waals surface area contributed by atoms with Gasteiger partial charge in [-0.15, -0.1) is 0 Å². The van der Waals surface area contributed by atoms with Crippen molar-refractivity contribution in [2.75, 3.05) is 7.11 Å². The average Bonchev–Trinajstić information content (AvgIpc) is 2.30. The molecule has 16 heavy (non-hydrogen) atoms. The third kappa shape index (κ3) is 4.16. The van der Waals surface area contributed by atoms with Crippen LogP contribution >= 0.6 is 12.2 Å². The number of hydrogen-bond donors (Lipinski definition) is 2. The number of carbonyl (C=O) groups is 1. The van der Waals surface area contributed by atoms with Crippen LogP contribution in [0, 0.1) is 0 Å². The van der Waals surface area contributed by atoms with Crippen LogP contribution in [0.5, 0.6) is 0 Å². The summed E-state index contributed by atoms with van der Waals surface area (Å²) in [5, 5.41) is 3.84. The Labute approximate surface area is 98.4 Å². The van der Waals surface area contributed by atoms with Crippen molar-refractivity contribution in [2.24, 2.45) is 5.10 Å². The zero-order chi connectivity index (χ0) is 11.8. The van der Waals surface area contributed by atoms with Gasteiger partial charge in [-0.25, -0.2) is 5.48 Å². The first-order valence-electron chi connectivity index (χ1n) is 4.45.